The van der Waals surface area contributed by atoms with Crippen molar-refractivity contribution in [3.05, 3.63) is 78.1 Å². The van der Waals surface area contributed by atoms with Gasteiger partial charge in [0.1, 0.15) is 14.2 Å². The van der Waals surface area contributed by atoms with E-state index in [2.05, 4.69) is 53.0 Å². The standard InChI is InChI=1S/C38H56N2O4Si/c1-8-9-10-11-12-13-14-15-16-23-28-34(33-29-43-35(30(33)2)45(6,7)38(3,4)5)44-37(42)39-36(41)40(31-24-19-17-20-25-31)32-26-21-18-22-27-32/h17-22,24-27,29,34H,8-16,23,28H2,1-7H3,(H,39,41,42). The van der Waals surface area contributed by atoms with E-state index in [0.29, 0.717) is 17.8 Å². The average Bonchev–Trinajstić information content (AvgIpc) is 3.39. The number of benzene rings is 2. The molecule has 0 bridgehead atoms. The van der Waals surface area contributed by atoms with Crippen molar-refractivity contribution >= 4 is 37.0 Å². The van der Waals surface area contributed by atoms with Crippen LogP contribution >= 0.6 is 0 Å². The number of para-hydroxylation sites is 2. The zero-order valence-electron chi connectivity index (χ0n) is 28.8. The van der Waals surface area contributed by atoms with Crippen LogP contribution in [0.1, 0.15) is 116 Å². The number of rotatable bonds is 16. The monoisotopic (exact) mass is 632 g/mol. The highest BCUT2D eigenvalue weighted by Crippen LogP contribution is 2.38. The zero-order chi connectivity index (χ0) is 32.9. The van der Waals surface area contributed by atoms with Crippen LogP contribution in [0.15, 0.2) is 71.3 Å². The number of carbonyl (C=O) groups excluding carboxylic acids is 2. The SMILES string of the molecule is CCCCCCCCCCCCC(OC(=O)NC(=O)N(c1ccccc1)c1ccccc1)c1coc([Si](C)(C)C(C)(C)C)c1C. The van der Waals surface area contributed by atoms with Crippen molar-refractivity contribution in [3.63, 3.8) is 0 Å². The first-order valence-corrected chi connectivity index (χ1v) is 20.0. The second kappa shape index (κ2) is 17.4. The predicted molar refractivity (Wildman–Crippen MR) is 190 cm³/mol. The minimum Gasteiger partial charge on any atom is -0.474 e. The molecule has 1 N–H and O–H groups in total. The van der Waals surface area contributed by atoms with E-state index in [9.17, 15) is 9.59 Å². The van der Waals surface area contributed by atoms with Gasteiger partial charge >= 0.3 is 12.1 Å². The van der Waals surface area contributed by atoms with Crippen molar-refractivity contribution in [2.24, 2.45) is 0 Å². The van der Waals surface area contributed by atoms with Crippen molar-refractivity contribution in [2.45, 2.75) is 129 Å². The Morgan fingerprint density at radius 1 is 0.822 bits per heavy atom. The molecular weight excluding hydrogens is 577 g/mol. The molecule has 3 aromatic rings. The third-order valence-corrected chi connectivity index (χ3v) is 14.8. The summed E-state index contributed by atoms with van der Waals surface area (Å²) in [5.41, 5.74) is 3.27. The lowest BCUT2D eigenvalue weighted by Crippen LogP contribution is -2.50. The first-order chi connectivity index (χ1) is 21.5. The molecule has 1 heterocycles. The largest absolute Gasteiger partial charge is 0.474 e. The molecule has 0 radical (unpaired) electrons. The zero-order valence-corrected chi connectivity index (χ0v) is 29.8. The maximum absolute atomic E-state index is 13.5. The second-order valence-electron chi connectivity index (χ2n) is 13.8. The van der Waals surface area contributed by atoms with Gasteiger partial charge in [-0.15, -0.1) is 0 Å². The van der Waals surface area contributed by atoms with Crippen molar-refractivity contribution in [2.75, 3.05) is 4.90 Å². The normalized spacial score (nSPS) is 12.5. The molecule has 0 aliphatic rings. The summed E-state index contributed by atoms with van der Waals surface area (Å²) in [6.07, 6.45) is 13.5. The minimum absolute atomic E-state index is 0.0991. The van der Waals surface area contributed by atoms with Crippen LogP contribution in [0.5, 0.6) is 0 Å². The smallest absolute Gasteiger partial charge is 0.415 e. The number of ether oxygens (including phenoxy) is 1. The molecule has 0 saturated heterocycles. The second-order valence-corrected chi connectivity index (χ2v) is 19.0. The van der Waals surface area contributed by atoms with E-state index in [1.807, 2.05) is 60.7 Å². The van der Waals surface area contributed by atoms with Gasteiger partial charge < -0.3 is 9.15 Å². The number of anilines is 2. The van der Waals surface area contributed by atoms with Gasteiger partial charge in [0.25, 0.3) is 0 Å². The molecule has 1 aromatic heterocycles. The van der Waals surface area contributed by atoms with Crippen LogP contribution in [0.2, 0.25) is 18.1 Å². The van der Waals surface area contributed by atoms with Gasteiger partial charge in [0.05, 0.1) is 23.0 Å². The molecule has 3 rings (SSSR count). The van der Waals surface area contributed by atoms with E-state index in [0.717, 1.165) is 29.4 Å². The first-order valence-electron chi connectivity index (χ1n) is 17.0. The van der Waals surface area contributed by atoms with E-state index in [1.165, 1.54) is 56.3 Å². The summed E-state index contributed by atoms with van der Waals surface area (Å²) in [5, 5.41) is 3.64. The number of imide groups is 1. The summed E-state index contributed by atoms with van der Waals surface area (Å²) in [5.74, 6) is 0. The fraction of sp³-hybridized carbons (Fsp3) is 0.526. The van der Waals surface area contributed by atoms with Crippen LogP contribution in [0.4, 0.5) is 21.0 Å². The van der Waals surface area contributed by atoms with Crippen LogP contribution in [0, 0.1) is 6.92 Å². The van der Waals surface area contributed by atoms with Crippen molar-refractivity contribution < 1.29 is 18.7 Å². The molecular formula is C38H56N2O4Si. The van der Waals surface area contributed by atoms with Crippen molar-refractivity contribution in [3.8, 4) is 0 Å². The predicted octanol–water partition coefficient (Wildman–Crippen LogP) is 11.3. The summed E-state index contributed by atoms with van der Waals surface area (Å²) in [6, 6.07) is 18.0. The molecule has 246 valence electrons. The maximum atomic E-state index is 13.5. The Labute approximate surface area is 272 Å². The lowest BCUT2D eigenvalue weighted by Gasteiger charge is -2.35. The van der Waals surface area contributed by atoms with Gasteiger partial charge in [-0.05, 0) is 54.6 Å². The number of carbonyl (C=O) groups is 2. The van der Waals surface area contributed by atoms with Gasteiger partial charge in [0.15, 0.2) is 0 Å². The number of urea groups is 1. The molecule has 2 aromatic carbocycles. The Hall–Kier alpha value is -3.32. The molecule has 1 unspecified atom stereocenters. The number of furan rings is 1. The third kappa shape index (κ3) is 10.3. The first kappa shape index (κ1) is 36.1. The molecule has 7 heteroatoms. The highest BCUT2D eigenvalue weighted by Gasteiger charge is 2.42. The Kier molecular flexibility index (Phi) is 14.0. The molecule has 1 atom stereocenters. The van der Waals surface area contributed by atoms with Gasteiger partial charge in [-0.3, -0.25) is 4.90 Å². The summed E-state index contributed by atoms with van der Waals surface area (Å²) < 4.78 is 12.3. The number of alkyl carbamates (subject to hydrolysis) is 1. The lowest BCUT2D eigenvalue weighted by molar-refractivity contribution is 0.0924. The van der Waals surface area contributed by atoms with Gasteiger partial charge in [-0.1, -0.05) is 135 Å². The van der Waals surface area contributed by atoms with Gasteiger partial charge in [0.2, 0.25) is 0 Å². The number of hydrogen-bond donors (Lipinski definition) is 1. The Balaban J connectivity index is 1.72. The Bertz CT molecular complexity index is 1280. The number of amides is 3. The van der Waals surface area contributed by atoms with Gasteiger partial charge in [-0.25, -0.2) is 14.9 Å². The molecule has 0 aliphatic heterocycles. The third-order valence-electron chi connectivity index (χ3n) is 9.38. The molecule has 0 fully saturated rings. The molecule has 0 aliphatic carbocycles. The van der Waals surface area contributed by atoms with Gasteiger partial charge in [-0.2, -0.15) is 0 Å². The fourth-order valence-electron chi connectivity index (χ4n) is 5.64. The maximum Gasteiger partial charge on any atom is 0.415 e. The molecule has 0 spiro atoms. The van der Waals surface area contributed by atoms with E-state index in [1.54, 1.807) is 6.26 Å². The quantitative estimate of drug-likeness (QED) is 0.126. The van der Waals surface area contributed by atoms with Gasteiger partial charge in [0, 0.05) is 5.56 Å². The average molecular weight is 633 g/mol. The van der Waals surface area contributed by atoms with Crippen LogP contribution in [-0.4, -0.2) is 20.2 Å². The number of unbranched alkanes of at least 4 members (excludes halogenated alkanes) is 9. The summed E-state index contributed by atoms with van der Waals surface area (Å²) in [7, 11) is -1.96. The van der Waals surface area contributed by atoms with E-state index < -0.39 is 26.3 Å². The van der Waals surface area contributed by atoms with Crippen molar-refractivity contribution in [1.29, 1.82) is 0 Å². The summed E-state index contributed by atoms with van der Waals surface area (Å²) in [6.45, 7) is 15.8. The molecule has 0 saturated carbocycles. The number of nitrogens with one attached hydrogen (secondary N) is 1. The summed E-state index contributed by atoms with van der Waals surface area (Å²) in [4.78, 5) is 28.4. The fourth-order valence-corrected chi connectivity index (χ4v) is 7.76. The molecule has 6 nitrogen and oxygen atoms in total. The topological polar surface area (TPSA) is 71.8 Å². The number of hydrogen-bond acceptors (Lipinski definition) is 4. The van der Waals surface area contributed by atoms with Crippen molar-refractivity contribution in [1.82, 2.24) is 5.32 Å². The van der Waals surface area contributed by atoms with Crippen LogP contribution in [0.3, 0.4) is 0 Å². The Morgan fingerprint density at radius 2 is 1.31 bits per heavy atom. The highest BCUT2D eigenvalue weighted by molar-refractivity contribution is 6.91. The van der Waals surface area contributed by atoms with Crippen LogP contribution in [-0.2, 0) is 4.74 Å². The highest BCUT2D eigenvalue weighted by atomic mass is 28.3. The minimum atomic E-state index is -1.96. The number of nitrogens with zero attached hydrogens (tertiary/aromatic N) is 1. The summed E-state index contributed by atoms with van der Waals surface area (Å²) >= 11 is 0. The molecule has 45 heavy (non-hydrogen) atoms. The lowest BCUT2D eigenvalue weighted by atomic mass is 10.0. The van der Waals surface area contributed by atoms with Crippen LogP contribution < -0.4 is 15.6 Å². The van der Waals surface area contributed by atoms with E-state index >= 15 is 0 Å². The van der Waals surface area contributed by atoms with Crippen LogP contribution in [0.25, 0.3) is 0 Å². The van der Waals surface area contributed by atoms with E-state index in [4.69, 9.17) is 9.15 Å². The Morgan fingerprint density at radius 3 is 1.80 bits per heavy atom. The van der Waals surface area contributed by atoms with E-state index in [-0.39, 0.29) is 5.04 Å². The molecule has 3 amide bonds.